The number of ether oxygens (including phenoxy) is 2. The molecule has 112 valence electrons. The SMILES string of the molecule is COc1nsc(OC)c1CNc1cnc([N+](=O)[O-])c(O)c1. The van der Waals surface area contributed by atoms with Gasteiger partial charge in [0, 0.05) is 17.6 Å². The van der Waals surface area contributed by atoms with Gasteiger partial charge in [-0.1, -0.05) is 0 Å². The van der Waals surface area contributed by atoms with E-state index in [-0.39, 0.29) is 0 Å². The lowest BCUT2D eigenvalue weighted by molar-refractivity contribution is -0.390. The summed E-state index contributed by atoms with van der Waals surface area (Å²) in [6.45, 7) is 0.307. The molecule has 0 saturated heterocycles. The monoisotopic (exact) mass is 312 g/mol. The van der Waals surface area contributed by atoms with Crippen LogP contribution in [0.4, 0.5) is 11.5 Å². The van der Waals surface area contributed by atoms with Crippen LogP contribution >= 0.6 is 11.5 Å². The van der Waals surface area contributed by atoms with Gasteiger partial charge in [0.05, 0.1) is 32.0 Å². The van der Waals surface area contributed by atoms with E-state index in [0.717, 1.165) is 11.5 Å². The highest BCUT2D eigenvalue weighted by molar-refractivity contribution is 7.08. The van der Waals surface area contributed by atoms with Crippen molar-refractivity contribution in [3.63, 3.8) is 0 Å². The molecule has 0 saturated carbocycles. The minimum atomic E-state index is -0.756. The predicted molar refractivity (Wildman–Crippen MR) is 75.1 cm³/mol. The van der Waals surface area contributed by atoms with Crippen molar-refractivity contribution in [3.05, 3.63) is 27.9 Å². The van der Waals surface area contributed by atoms with Gasteiger partial charge in [-0.25, -0.2) is 0 Å². The number of anilines is 1. The second kappa shape index (κ2) is 6.22. The predicted octanol–water partition coefficient (Wildman–Crippen LogP) is 1.78. The van der Waals surface area contributed by atoms with Crippen LogP contribution in [0.5, 0.6) is 16.7 Å². The van der Waals surface area contributed by atoms with Crippen LogP contribution in [0.3, 0.4) is 0 Å². The van der Waals surface area contributed by atoms with E-state index in [1.165, 1.54) is 26.5 Å². The number of pyridine rings is 1. The summed E-state index contributed by atoms with van der Waals surface area (Å²) in [6, 6.07) is 1.23. The molecule has 0 radical (unpaired) electrons. The summed E-state index contributed by atoms with van der Waals surface area (Å²) in [6.07, 6.45) is 1.26. The lowest BCUT2D eigenvalue weighted by Gasteiger charge is -2.07. The van der Waals surface area contributed by atoms with Crippen molar-refractivity contribution in [2.45, 2.75) is 6.54 Å². The van der Waals surface area contributed by atoms with E-state index >= 15 is 0 Å². The lowest BCUT2D eigenvalue weighted by atomic mass is 10.3. The summed E-state index contributed by atoms with van der Waals surface area (Å²) >= 11 is 1.15. The summed E-state index contributed by atoms with van der Waals surface area (Å²) in [4.78, 5) is 13.4. The Morgan fingerprint density at radius 3 is 2.81 bits per heavy atom. The molecule has 2 aromatic heterocycles. The molecule has 2 rings (SSSR count). The van der Waals surface area contributed by atoms with E-state index in [2.05, 4.69) is 14.7 Å². The van der Waals surface area contributed by atoms with Gasteiger partial charge >= 0.3 is 5.82 Å². The second-order valence-corrected chi connectivity index (χ2v) is 4.58. The minimum Gasteiger partial charge on any atom is -0.501 e. The van der Waals surface area contributed by atoms with Crippen LogP contribution in [0.25, 0.3) is 0 Å². The number of methoxy groups -OCH3 is 2. The fourth-order valence-electron chi connectivity index (χ4n) is 1.62. The van der Waals surface area contributed by atoms with Gasteiger partial charge in [0.2, 0.25) is 16.7 Å². The van der Waals surface area contributed by atoms with Gasteiger partial charge in [0.1, 0.15) is 0 Å². The quantitative estimate of drug-likeness (QED) is 0.612. The van der Waals surface area contributed by atoms with Gasteiger partial charge in [-0.2, -0.15) is 4.37 Å². The van der Waals surface area contributed by atoms with Gasteiger partial charge in [-0.15, -0.1) is 0 Å². The third-order valence-electron chi connectivity index (χ3n) is 2.58. The third kappa shape index (κ3) is 3.11. The summed E-state index contributed by atoms with van der Waals surface area (Å²) in [5.74, 6) is -0.663. The first kappa shape index (κ1) is 14.8. The van der Waals surface area contributed by atoms with E-state index in [1.54, 1.807) is 0 Å². The summed E-state index contributed by atoms with van der Waals surface area (Å²) < 4.78 is 14.4. The molecule has 9 nitrogen and oxygen atoms in total. The maximum Gasteiger partial charge on any atom is 0.406 e. The van der Waals surface area contributed by atoms with Crippen molar-refractivity contribution in [2.24, 2.45) is 0 Å². The van der Waals surface area contributed by atoms with Crippen molar-refractivity contribution in [1.29, 1.82) is 0 Å². The van der Waals surface area contributed by atoms with Gasteiger partial charge in [-0.05, 0) is 9.91 Å². The van der Waals surface area contributed by atoms with Crippen LogP contribution in [-0.2, 0) is 6.54 Å². The fourth-order valence-corrected chi connectivity index (χ4v) is 2.32. The average Bonchev–Trinajstić information content (AvgIpc) is 2.86. The highest BCUT2D eigenvalue weighted by Crippen LogP contribution is 2.33. The molecule has 0 aliphatic rings. The number of rotatable bonds is 6. The first-order valence-corrected chi connectivity index (χ1v) is 6.48. The first-order valence-electron chi connectivity index (χ1n) is 5.70. The standard InChI is InChI=1S/C11H12N4O5S/c1-19-10-7(11(20-2)21-14-10)5-12-6-3-8(16)9(13-4-6)15(17)18/h3-4,12,16H,5H2,1-2H3. The number of nitrogens with zero attached hydrogens (tertiary/aromatic N) is 3. The molecule has 2 N–H and O–H groups in total. The molecule has 0 aliphatic heterocycles. The van der Waals surface area contributed by atoms with Gasteiger partial charge in [-0.3, -0.25) is 0 Å². The number of nitro groups is 1. The zero-order valence-corrected chi connectivity index (χ0v) is 12.0. The fraction of sp³-hybridized carbons (Fsp3) is 0.273. The molecule has 0 aromatic carbocycles. The van der Waals surface area contributed by atoms with Crippen molar-refractivity contribution in [1.82, 2.24) is 9.36 Å². The van der Waals surface area contributed by atoms with E-state index in [9.17, 15) is 15.2 Å². The van der Waals surface area contributed by atoms with Crippen LogP contribution in [0.1, 0.15) is 5.56 Å². The Labute approximate surface area is 123 Å². The Kier molecular flexibility index (Phi) is 4.38. The zero-order chi connectivity index (χ0) is 15.4. The van der Waals surface area contributed by atoms with E-state index in [1.807, 2.05) is 0 Å². The molecule has 21 heavy (non-hydrogen) atoms. The molecular weight excluding hydrogens is 300 g/mol. The molecule has 2 aromatic rings. The normalized spacial score (nSPS) is 10.2. The van der Waals surface area contributed by atoms with Gasteiger partial charge in [0.25, 0.3) is 0 Å². The summed E-state index contributed by atoms with van der Waals surface area (Å²) in [5.41, 5.74) is 1.14. The summed E-state index contributed by atoms with van der Waals surface area (Å²) in [5, 5.41) is 23.6. The van der Waals surface area contributed by atoms with E-state index < -0.39 is 16.5 Å². The molecule has 2 heterocycles. The molecule has 0 unspecified atom stereocenters. The van der Waals surface area contributed by atoms with Crippen molar-refractivity contribution >= 4 is 23.0 Å². The number of nitrogens with one attached hydrogen (secondary N) is 1. The highest BCUT2D eigenvalue weighted by atomic mass is 32.1. The Bertz CT molecular complexity index is 639. The average molecular weight is 312 g/mol. The Hall–Kier alpha value is -2.62. The van der Waals surface area contributed by atoms with Crippen LogP contribution in [-0.4, -0.2) is 33.6 Å². The van der Waals surface area contributed by atoms with Crippen molar-refractivity contribution in [3.8, 4) is 16.7 Å². The Balaban J connectivity index is 2.15. The number of aromatic nitrogens is 2. The van der Waals surface area contributed by atoms with Gasteiger partial charge < -0.3 is 30.0 Å². The Morgan fingerprint density at radius 2 is 2.24 bits per heavy atom. The molecule has 0 aliphatic carbocycles. The molecule has 0 fully saturated rings. The third-order valence-corrected chi connectivity index (χ3v) is 3.42. The van der Waals surface area contributed by atoms with E-state index in [0.29, 0.717) is 28.7 Å². The number of aromatic hydroxyl groups is 1. The topological polar surface area (TPSA) is 120 Å². The Morgan fingerprint density at radius 1 is 1.48 bits per heavy atom. The lowest BCUT2D eigenvalue weighted by Crippen LogP contribution is -2.03. The van der Waals surface area contributed by atoms with Crippen molar-refractivity contribution in [2.75, 3.05) is 19.5 Å². The van der Waals surface area contributed by atoms with Crippen LogP contribution < -0.4 is 14.8 Å². The largest absolute Gasteiger partial charge is 0.501 e. The zero-order valence-electron chi connectivity index (χ0n) is 11.2. The number of hydrogen-bond acceptors (Lipinski definition) is 9. The van der Waals surface area contributed by atoms with E-state index in [4.69, 9.17) is 9.47 Å². The molecular formula is C11H12N4O5S. The van der Waals surface area contributed by atoms with Crippen LogP contribution in [0.15, 0.2) is 12.3 Å². The first-order chi connectivity index (χ1) is 10.1. The van der Waals surface area contributed by atoms with Crippen LogP contribution in [0.2, 0.25) is 0 Å². The van der Waals surface area contributed by atoms with Crippen molar-refractivity contribution < 1.29 is 19.5 Å². The van der Waals surface area contributed by atoms with Gasteiger partial charge in [0.15, 0.2) is 6.20 Å². The maximum absolute atomic E-state index is 10.6. The molecule has 0 atom stereocenters. The maximum atomic E-state index is 10.6. The number of hydrogen-bond donors (Lipinski definition) is 2. The molecule has 0 spiro atoms. The molecule has 0 bridgehead atoms. The second-order valence-electron chi connectivity index (χ2n) is 3.84. The van der Waals surface area contributed by atoms with Crippen LogP contribution in [0, 0.1) is 10.1 Å². The molecule has 10 heteroatoms. The minimum absolute atomic E-state index is 0.307. The smallest absolute Gasteiger partial charge is 0.406 e. The molecule has 0 amide bonds. The summed E-state index contributed by atoms with van der Waals surface area (Å²) in [7, 11) is 3.02. The highest BCUT2D eigenvalue weighted by Gasteiger charge is 2.18.